The third-order valence-corrected chi connectivity index (χ3v) is 6.21. The highest BCUT2D eigenvalue weighted by Gasteiger charge is 2.39. The van der Waals surface area contributed by atoms with Gasteiger partial charge in [0, 0.05) is 13.1 Å². The number of aliphatic hydroxyl groups is 1. The van der Waals surface area contributed by atoms with Crippen LogP contribution in [-0.2, 0) is 10.0 Å². The lowest BCUT2D eigenvalue weighted by Crippen LogP contribution is -2.49. The second-order valence-corrected chi connectivity index (χ2v) is 8.88. The van der Waals surface area contributed by atoms with Crippen LogP contribution in [0.25, 0.3) is 0 Å². The lowest BCUT2D eigenvalue weighted by molar-refractivity contribution is -0.00209. The topological polar surface area (TPSA) is 81.4 Å². The lowest BCUT2D eigenvalue weighted by Gasteiger charge is -2.41. The predicted octanol–water partition coefficient (Wildman–Crippen LogP) is 2.11. The first-order valence-electron chi connectivity index (χ1n) is 7.45. The number of nitrogens with zero attached hydrogens (tertiary/aromatic N) is 2. The third-order valence-electron chi connectivity index (χ3n) is 4.35. The number of sulfonamides is 1. The van der Waals surface area contributed by atoms with Crippen LogP contribution in [0.2, 0.25) is 0 Å². The summed E-state index contributed by atoms with van der Waals surface area (Å²) in [6.45, 7) is 6.35. The van der Waals surface area contributed by atoms with Crippen LogP contribution in [0.1, 0.15) is 32.8 Å². The molecule has 2 rings (SSSR count). The van der Waals surface area contributed by atoms with Crippen molar-refractivity contribution >= 4 is 10.0 Å². The molecular weight excluding hydrogens is 319 g/mol. The summed E-state index contributed by atoms with van der Waals surface area (Å²) in [6.07, 6.45) is -0.203. The van der Waals surface area contributed by atoms with Gasteiger partial charge >= 0.3 is 0 Å². The van der Waals surface area contributed by atoms with Gasteiger partial charge in [-0.1, -0.05) is 20.8 Å². The molecule has 1 aliphatic heterocycles. The van der Waals surface area contributed by atoms with Crippen molar-refractivity contribution in [3.63, 3.8) is 0 Å². The van der Waals surface area contributed by atoms with Crippen molar-refractivity contribution in [1.29, 1.82) is 5.26 Å². The molecule has 5 nitrogen and oxygen atoms in total. The summed E-state index contributed by atoms with van der Waals surface area (Å²) in [7, 11) is -3.86. The monoisotopic (exact) mass is 340 g/mol. The molecule has 0 spiro atoms. The van der Waals surface area contributed by atoms with E-state index in [1.165, 1.54) is 4.31 Å². The number of aliphatic hydroxyl groups excluding tert-OH is 1. The molecule has 0 bridgehead atoms. The van der Waals surface area contributed by atoms with Crippen LogP contribution < -0.4 is 0 Å². The van der Waals surface area contributed by atoms with Crippen molar-refractivity contribution < 1.29 is 17.9 Å². The van der Waals surface area contributed by atoms with Crippen molar-refractivity contribution in [2.75, 3.05) is 13.1 Å². The molecule has 7 heteroatoms. The van der Waals surface area contributed by atoms with Gasteiger partial charge in [-0.05, 0) is 36.0 Å². The van der Waals surface area contributed by atoms with E-state index in [1.807, 2.05) is 20.8 Å². The van der Waals surface area contributed by atoms with Gasteiger partial charge in [0.05, 0.1) is 16.6 Å². The minimum absolute atomic E-state index is 0.00351. The normalized spacial score (nSPS) is 23.5. The Bertz CT molecular complexity index is 735. The Hall–Kier alpha value is -1.49. The summed E-state index contributed by atoms with van der Waals surface area (Å²) >= 11 is 0. The van der Waals surface area contributed by atoms with Crippen LogP contribution in [0.4, 0.5) is 4.39 Å². The van der Waals surface area contributed by atoms with Crippen LogP contribution in [0.5, 0.6) is 0 Å². The largest absolute Gasteiger partial charge is 0.391 e. The van der Waals surface area contributed by atoms with Gasteiger partial charge in [-0.2, -0.15) is 9.57 Å². The lowest BCUT2D eigenvalue weighted by atomic mass is 9.74. The van der Waals surface area contributed by atoms with E-state index in [0.29, 0.717) is 13.0 Å². The number of nitriles is 1. The van der Waals surface area contributed by atoms with Crippen LogP contribution in [0, 0.1) is 28.5 Å². The summed E-state index contributed by atoms with van der Waals surface area (Å²) < 4.78 is 39.9. The van der Waals surface area contributed by atoms with E-state index in [-0.39, 0.29) is 28.3 Å². The maximum atomic E-state index is 13.4. The van der Waals surface area contributed by atoms with Gasteiger partial charge in [-0.3, -0.25) is 0 Å². The fourth-order valence-electron chi connectivity index (χ4n) is 3.03. The molecular formula is C16H21FN2O3S. The second kappa shape index (κ2) is 6.19. The fourth-order valence-corrected chi connectivity index (χ4v) is 4.53. The first kappa shape index (κ1) is 17.9. The summed E-state index contributed by atoms with van der Waals surface area (Å²) in [5.41, 5.74) is -0.421. The minimum Gasteiger partial charge on any atom is -0.391 e. The molecule has 0 amide bonds. The van der Waals surface area contributed by atoms with Gasteiger partial charge in [0.2, 0.25) is 10.0 Å². The fraction of sp³-hybridized carbons (Fsp3) is 0.562. The van der Waals surface area contributed by atoms with Crippen molar-refractivity contribution in [2.24, 2.45) is 11.3 Å². The zero-order chi connectivity index (χ0) is 17.4. The molecule has 1 heterocycles. The number of hydrogen-bond donors (Lipinski definition) is 1. The standard InChI is InChI=1S/C16H21FN2O3S/c1-16(2,3)13-6-7-19(10-15(13)20)23(21,22)12-4-5-14(17)11(8-12)9-18/h4-5,8,13,15,20H,6-7,10H2,1-3H3/t13-,15-/m0/s1. The quantitative estimate of drug-likeness (QED) is 0.894. The second-order valence-electron chi connectivity index (χ2n) is 6.95. The molecule has 1 N–H and O–H groups in total. The van der Waals surface area contributed by atoms with Gasteiger partial charge in [-0.25, -0.2) is 12.8 Å². The highest BCUT2D eigenvalue weighted by atomic mass is 32.2. The molecule has 126 valence electrons. The number of rotatable bonds is 2. The first-order valence-corrected chi connectivity index (χ1v) is 8.89. The van der Waals surface area contributed by atoms with Crippen LogP contribution in [0.15, 0.2) is 23.1 Å². The highest BCUT2D eigenvalue weighted by molar-refractivity contribution is 7.89. The Morgan fingerprint density at radius 1 is 1.39 bits per heavy atom. The zero-order valence-corrected chi connectivity index (χ0v) is 14.3. The molecule has 1 aromatic rings. The Morgan fingerprint density at radius 2 is 2.04 bits per heavy atom. The molecule has 2 atom stereocenters. The van der Waals surface area contributed by atoms with E-state index in [0.717, 1.165) is 18.2 Å². The molecule has 1 saturated heterocycles. The number of piperidine rings is 1. The summed E-state index contributed by atoms with van der Waals surface area (Å²) in [4.78, 5) is -0.128. The van der Waals surface area contributed by atoms with Gasteiger partial charge in [0.1, 0.15) is 11.9 Å². The Kier molecular flexibility index (Phi) is 4.81. The van der Waals surface area contributed by atoms with E-state index in [2.05, 4.69) is 0 Å². The van der Waals surface area contributed by atoms with Crippen molar-refractivity contribution in [3.8, 4) is 6.07 Å². The maximum absolute atomic E-state index is 13.4. The Labute approximate surface area is 136 Å². The SMILES string of the molecule is CC(C)(C)[C@H]1CCN(S(=O)(=O)c2ccc(F)c(C#N)c2)C[C@@H]1O. The molecule has 0 saturated carbocycles. The number of benzene rings is 1. The molecule has 0 aromatic heterocycles. The van der Waals surface area contributed by atoms with Gasteiger partial charge in [-0.15, -0.1) is 0 Å². The van der Waals surface area contributed by atoms with Crippen molar-refractivity contribution in [2.45, 2.75) is 38.2 Å². The van der Waals surface area contributed by atoms with E-state index >= 15 is 0 Å². The number of hydrogen-bond acceptors (Lipinski definition) is 4. The summed E-state index contributed by atoms with van der Waals surface area (Å²) in [5.74, 6) is -0.741. The minimum atomic E-state index is -3.86. The van der Waals surface area contributed by atoms with Gasteiger partial charge in [0.15, 0.2) is 0 Å². The van der Waals surface area contributed by atoms with E-state index in [4.69, 9.17) is 5.26 Å². The number of halogens is 1. The molecule has 23 heavy (non-hydrogen) atoms. The third kappa shape index (κ3) is 3.55. The van der Waals surface area contributed by atoms with E-state index < -0.39 is 21.9 Å². The Balaban J connectivity index is 2.27. The highest BCUT2D eigenvalue weighted by Crippen LogP contribution is 2.36. The average Bonchev–Trinajstić information content (AvgIpc) is 2.46. The molecule has 0 unspecified atom stereocenters. The van der Waals surface area contributed by atoms with Crippen LogP contribution in [-0.4, -0.2) is 37.0 Å². The smallest absolute Gasteiger partial charge is 0.243 e. The molecule has 0 aliphatic carbocycles. The maximum Gasteiger partial charge on any atom is 0.243 e. The van der Waals surface area contributed by atoms with E-state index in [1.54, 1.807) is 6.07 Å². The molecule has 0 radical (unpaired) electrons. The van der Waals surface area contributed by atoms with Crippen LogP contribution >= 0.6 is 0 Å². The summed E-state index contributed by atoms with van der Waals surface area (Å²) in [6, 6.07) is 4.80. The van der Waals surface area contributed by atoms with Gasteiger partial charge < -0.3 is 5.11 Å². The first-order chi connectivity index (χ1) is 10.6. The molecule has 1 fully saturated rings. The van der Waals surface area contributed by atoms with Crippen molar-refractivity contribution in [1.82, 2.24) is 4.31 Å². The van der Waals surface area contributed by atoms with E-state index in [9.17, 15) is 17.9 Å². The zero-order valence-electron chi connectivity index (χ0n) is 13.5. The molecule has 1 aromatic carbocycles. The predicted molar refractivity (Wildman–Crippen MR) is 83.4 cm³/mol. The summed E-state index contributed by atoms with van der Waals surface area (Å²) in [5, 5.41) is 19.2. The van der Waals surface area contributed by atoms with Crippen molar-refractivity contribution in [3.05, 3.63) is 29.6 Å². The Morgan fingerprint density at radius 3 is 2.57 bits per heavy atom. The molecule has 1 aliphatic rings. The average molecular weight is 340 g/mol. The number of β-amino-alcohol motifs (C(OH)–C–C–N with tert-alkyl or cyclic N) is 1. The van der Waals surface area contributed by atoms with Crippen LogP contribution in [0.3, 0.4) is 0 Å². The van der Waals surface area contributed by atoms with Gasteiger partial charge in [0.25, 0.3) is 0 Å².